The van der Waals surface area contributed by atoms with E-state index in [1.54, 1.807) is 0 Å². The van der Waals surface area contributed by atoms with Crippen molar-refractivity contribution in [3.8, 4) is 9.85 Å². The molecule has 25 heavy (non-hydrogen) atoms. The Morgan fingerprint density at radius 3 is 1.76 bits per heavy atom. The number of rotatable bonds is 16. The van der Waals surface area contributed by atoms with Gasteiger partial charge in [-0.15, -0.1) is 0 Å². The first kappa shape index (κ1) is 23.3. The van der Waals surface area contributed by atoms with Gasteiger partial charge in [0, 0.05) is 41.9 Å². The highest BCUT2D eigenvalue weighted by molar-refractivity contribution is 14.1. The van der Waals surface area contributed by atoms with Crippen molar-refractivity contribution in [2.24, 2.45) is 0 Å². The van der Waals surface area contributed by atoms with Crippen LogP contribution in [0.2, 0.25) is 0 Å². The lowest BCUT2D eigenvalue weighted by Gasteiger charge is -2.23. The number of halogens is 1. The van der Waals surface area contributed by atoms with Crippen LogP contribution in [-0.2, 0) is 0 Å². The van der Waals surface area contributed by atoms with Gasteiger partial charge in [-0.25, -0.2) is 0 Å². The largest absolute Gasteiger partial charge is 0.341 e. The van der Waals surface area contributed by atoms with Crippen molar-refractivity contribution in [1.29, 1.82) is 0 Å². The van der Waals surface area contributed by atoms with Crippen LogP contribution in [0.1, 0.15) is 122 Å². The van der Waals surface area contributed by atoms with Crippen molar-refractivity contribution >= 4 is 22.6 Å². The Labute approximate surface area is 172 Å². The van der Waals surface area contributed by atoms with E-state index in [0.29, 0.717) is 5.54 Å². The average molecular weight is 461 g/mol. The Balaban J connectivity index is 1.86. The Morgan fingerprint density at radius 2 is 1.32 bits per heavy atom. The Bertz CT molecular complexity index is 349. The molecule has 0 aromatic carbocycles. The van der Waals surface area contributed by atoms with E-state index in [0.717, 1.165) is 6.42 Å². The number of hydrogen-bond donors (Lipinski definition) is 1. The smallest absolute Gasteiger partial charge is 0.107 e. The average Bonchev–Trinajstić information content (AvgIpc) is 3.09. The summed E-state index contributed by atoms with van der Waals surface area (Å²) >= 11 is 2.18. The second kappa shape index (κ2) is 16.4. The number of hydrogen-bond acceptors (Lipinski definition) is 0. The molecule has 0 aromatic rings. The van der Waals surface area contributed by atoms with Crippen molar-refractivity contribution < 1.29 is 5.32 Å². The zero-order valence-corrected chi connectivity index (χ0v) is 19.0. The zero-order valence-electron chi connectivity index (χ0n) is 16.9. The van der Waals surface area contributed by atoms with E-state index in [2.05, 4.69) is 44.7 Å². The Kier molecular flexibility index (Phi) is 15.3. The van der Waals surface area contributed by atoms with Crippen molar-refractivity contribution in [3.05, 3.63) is 0 Å². The molecule has 146 valence electrons. The highest BCUT2D eigenvalue weighted by Gasteiger charge is 2.36. The maximum atomic E-state index is 3.34. The van der Waals surface area contributed by atoms with Crippen molar-refractivity contribution in [2.75, 3.05) is 6.54 Å². The van der Waals surface area contributed by atoms with Gasteiger partial charge in [0.25, 0.3) is 0 Å². The molecule has 0 amide bonds. The van der Waals surface area contributed by atoms with Crippen LogP contribution >= 0.6 is 22.6 Å². The molecule has 1 fully saturated rings. The minimum Gasteiger partial charge on any atom is -0.341 e. The molecule has 1 rings (SSSR count). The van der Waals surface area contributed by atoms with Crippen LogP contribution < -0.4 is 5.32 Å². The molecule has 0 aromatic heterocycles. The third-order valence-electron chi connectivity index (χ3n) is 5.99. The van der Waals surface area contributed by atoms with Crippen LogP contribution in [0, 0.1) is 9.85 Å². The highest BCUT2D eigenvalue weighted by atomic mass is 127. The van der Waals surface area contributed by atoms with Crippen LogP contribution in [0.4, 0.5) is 0 Å². The monoisotopic (exact) mass is 460 g/mol. The molecule has 1 saturated heterocycles. The number of nitrogens with two attached hydrogens (primary N) is 1. The molecule has 1 atom stereocenters. The van der Waals surface area contributed by atoms with Crippen LogP contribution in [0.3, 0.4) is 0 Å². The van der Waals surface area contributed by atoms with E-state index in [-0.39, 0.29) is 0 Å². The van der Waals surface area contributed by atoms with E-state index in [9.17, 15) is 0 Å². The second-order valence-electron chi connectivity index (χ2n) is 8.25. The van der Waals surface area contributed by atoms with Gasteiger partial charge >= 0.3 is 0 Å². The van der Waals surface area contributed by atoms with Crippen molar-refractivity contribution in [3.63, 3.8) is 0 Å². The molecule has 0 radical (unpaired) electrons. The molecular weight excluding hydrogens is 417 g/mol. The summed E-state index contributed by atoms with van der Waals surface area (Å²) in [5.74, 6) is 3.34. The normalized spacial score (nSPS) is 19.8. The van der Waals surface area contributed by atoms with E-state index >= 15 is 0 Å². The van der Waals surface area contributed by atoms with Crippen LogP contribution in [-0.4, -0.2) is 12.1 Å². The molecule has 1 aliphatic heterocycles. The predicted molar refractivity (Wildman–Crippen MR) is 120 cm³/mol. The predicted octanol–water partition coefficient (Wildman–Crippen LogP) is 6.74. The van der Waals surface area contributed by atoms with Crippen molar-refractivity contribution in [1.82, 2.24) is 0 Å². The molecule has 0 aliphatic carbocycles. The molecule has 1 unspecified atom stereocenters. The molecule has 0 bridgehead atoms. The first-order chi connectivity index (χ1) is 12.3. The zero-order chi connectivity index (χ0) is 18.1. The van der Waals surface area contributed by atoms with Crippen LogP contribution in [0.15, 0.2) is 0 Å². The molecule has 2 N–H and O–H groups in total. The fraction of sp³-hybridized carbons (Fsp3) is 0.913. The fourth-order valence-corrected chi connectivity index (χ4v) is 4.51. The molecule has 1 nitrogen and oxygen atoms in total. The second-order valence-corrected chi connectivity index (χ2v) is 8.79. The first-order valence-electron chi connectivity index (χ1n) is 11.3. The minimum atomic E-state index is 0.481. The summed E-state index contributed by atoms with van der Waals surface area (Å²) in [6, 6.07) is 0. The molecule has 0 saturated carbocycles. The van der Waals surface area contributed by atoms with Gasteiger partial charge in [0.1, 0.15) is 5.54 Å². The third-order valence-corrected chi connectivity index (χ3v) is 6.37. The van der Waals surface area contributed by atoms with Gasteiger partial charge in [-0.05, 0) is 10.3 Å². The minimum absolute atomic E-state index is 0.481. The molecule has 2 heteroatoms. The highest BCUT2D eigenvalue weighted by Crippen LogP contribution is 2.24. The lowest BCUT2D eigenvalue weighted by molar-refractivity contribution is -0.708. The Hall–Kier alpha value is 0.250. The SMILES string of the molecule is CCCCCCCCCCCCCCCCC1(CC#CI)CCC[NH2+]1. The summed E-state index contributed by atoms with van der Waals surface area (Å²) in [5.41, 5.74) is 0.481. The standard InChI is InChI=1S/C23H42IN/c1-2-3-4-5-6-7-8-9-10-11-12-13-14-15-18-23(19-16-21-24)20-17-22-25-23/h25H,2-15,17-20,22H2,1H3/p+1. The van der Waals surface area contributed by atoms with Gasteiger partial charge in [0.2, 0.25) is 0 Å². The maximum absolute atomic E-state index is 3.34. The summed E-state index contributed by atoms with van der Waals surface area (Å²) in [4.78, 5) is 0. The quantitative estimate of drug-likeness (QED) is 0.149. The third kappa shape index (κ3) is 12.3. The van der Waals surface area contributed by atoms with Gasteiger partial charge < -0.3 is 5.32 Å². The van der Waals surface area contributed by atoms with Gasteiger partial charge in [0.05, 0.1) is 13.0 Å². The van der Waals surface area contributed by atoms with E-state index < -0.39 is 0 Å². The first-order valence-corrected chi connectivity index (χ1v) is 12.3. The van der Waals surface area contributed by atoms with Crippen molar-refractivity contribution in [2.45, 2.75) is 128 Å². The topological polar surface area (TPSA) is 16.6 Å². The molecule has 1 heterocycles. The number of quaternary nitrogens is 1. The summed E-state index contributed by atoms with van der Waals surface area (Å²) in [7, 11) is 0. The summed E-state index contributed by atoms with van der Waals surface area (Å²) in [6.07, 6.45) is 25.6. The summed E-state index contributed by atoms with van der Waals surface area (Å²) in [6.45, 7) is 3.62. The lowest BCUT2D eigenvalue weighted by atomic mass is 9.87. The fourth-order valence-electron chi connectivity index (χ4n) is 4.32. The summed E-state index contributed by atoms with van der Waals surface area (Å²) in [5, 5.41) is 2.59. The Morgan fingerprint density at radius 1 is 0.800 bits per heavy atom. The van der Waals surface area contributed by atoms with Gasteiger partial charge in [-0.3, -0.25) is 0 Å². The molecule has 1 aliphatic rings. The summed E-state index contributed by atoms with van der Waals surface area (Å²) < 4.78 is 3.07. The maximum Gasteiger partial charge on any atom is 0.107 e. The van der Waals surface area contributed by atoms with Gasteiger partial charge in [-0.1, -0.05) is 96.3 Å². The molecular formula is C23H43IN+. The van der Waals surface area contributed by atoms with Gasteiger partial charge in [0.15, 0.2) is 0 Å². The van der Waals surface area contributed by atoms with Crippen LogP contribution in [0.25, 0.3) is 0 Å². The van der Waals surface area contributed by atoms with Crippen LogP contribution in [0.5, 0.6) is 0 Å². The number of unbranched alkanes of at least 4 members (excludes halogenated alkanes) is 13. The van der Waals surface area contributed by atoms with E-state index in [4.69, 9.17) is 0 Å². The van der Waals surface area contributed by atoms with E-state index in [1.807, 2.05) is 0 Å². The van der Waals surface area contributed by atoms with Gasteiger partial charge in [-0.2, -0.15) is 0 Å². The van der Waals surface area contributed by atoms with E-state index in [1.165, 1.54) is 116 Å². The lowest BCUT2D eigenvalue weighted by Crippen LogP contribution is -2.93. The molecule has 0 spiro atoms.